The van der Waals surface area contributed by atoms with E-state index in [0.29, 0.717) is 18.1 Å². The van der Waals surface area contributed by atoms with Crippen LogP contribution in [0.4, 0.5) is 0 Å². The van der Waals surface area contributed by atoms with E-state index < -0.39 is 0 Å². The number of hydrogen-bond acceptors (Lipinski definition) is 3. The van der Waals surface area contributed by atoms with Crippen LogP contribution in [0.1, 0.15) is 51.0 Å². The summed E-state index contributed by atoms with van der Waals surface area (Å²) >= 11 is 0. The lowest BCUT2D eigenvalue weighted by atomic mass is 10.1. The third-order valence-corrected chi connectivity index (χ3v) is 4.41. The fourth-order valence-corrected chi connectivity index (χ4v) is 2.98. The zero-order valence-electron chi connectivity index (χ0n) is 15.4. The van der Waals surface area contributed by atoms with Gasteiger partial charge in [-0.15, -0.1) is 0 Å². The first-order valence-corrected chi connectivity index (χ1v) is 8.90. The molecule has 4 heteroatoms. The minimum absolute atomic E-state index is 0.143. The van der Waals surface area contributed by atoms with Crippen molar-refractivity contribution >= 4 is 10.9 Å². The van der Waals surface area contributed by atoms with Gasteiger partial charge in [0, 0.05) is 12.4 Å². The summed E-state index contributed by atoms with van der Waals surface area (Å²) < 4.78 is 13.0. The Labute approximate surface area is 144 Å². The van der Waals surface area contributed by atoms with Gasteiger partial charge in [-0.1, -0.05) is 45.1 Å². The van der Waals surface area contributed by atoms with Crippen molar-refractivity contribution in [3.8, 4) is 11.5 Å². The number of pyridine rings is 1. The zero-order valence-corrected chi connectivity index (χ0v) is 15.4. The summed E-state index contributed by atoms with van der Waals surface area (Å²) in [6.07, 6.45) is 7.14. The largest absolute Gasteiger partial charge is 0.492 e. The number of methoxy groups -OCH3 is 1. The summed E-state index contributed by atoms with van der Waals surface area (Å²) in [4.78, 5) is 12.6. The van der Waals surface area contributed by atoms with Crippen molar-refractivity contribution in [2.24, 2.45) is 7.05 Å². The van der Waals surface area contributed by atoms with Gasteiger partial charge < -0.3 is 14.0 Å². The smallest absolute Gasteiger partial charge is 0.297 e. The van der Waals surface area contributed by atoms with Crippen LogP contribution in [0.15, 0.2) is 23.0 Å². The van der Waals surface area contributed by atoms with Crippen LogP contribution in [-0.2, 0) is 7.05 Å². The fraction of sp³-hybridized carbons (Fsp3) is 0.550. The Morgan fingerprint density at radius 1 is 1.04 bits per heavy atom. The number of aryl methyl sites for hydroxylation is 2. The highest BCUT2D eigenvalue weighted by atomic mass is 16.5. The van der Waals surface area contributed by atoms with Crippen molar-refractivity contribution in [3.63, 3.8) is 0 Å². The third kappa shape index (κ3) is 4.11. The molecule has 0 fully saturated rings. The van der Waals surface area contributed by atoms with E-state index in [1.807, 2.05) is 25.1 Å². The van der Waals surface area contributed by atoms with E-state index in [0.717, 1.165) is 29.3 Å². The molecule has 0 aliphatic carbocycles. The van der Waals surface area contributed by atoms with E-state index in [4.69, 9.17) is 9.47 Å². The number of aromatic nitrogens is 1. The van der Waals surface area contributed by atoms with E-state index in [9.17, 15) is 4.79 Å². The maximum absolute atomic E-state index is 12.6. The second-order valence-corrected chi connectivity index (χ2v) is 6.36. The van der Waals surface area contributed by atoms with E-state index >= 15 is 0 Å². The molecule has 0 bridgehead atoms. The predicted molar refractivity (Wildman–Crippen MR) is 99.3 cm³/mol. The van der Waals surface area contributed by atoms with Crippen LogP contribution in [0.5, 0.6) is 11.5 Å². The highest BCUT2D eigenvalue weighted by molar-refractivity contribution is 5.88. The molecule has 0 aliphatic rings. The second-order valence-electron chi connectivity index (χ2n) is 6.36. The number of rotatable bonds is 9. The molecule has 1 aromatic carbocycles. The van der Waals surface area contributed by atoms with Crippen LogP contribution in [0, 0.1) is 6.92 Å². The summed E-state index contributed by atoms with van der Waals surface area (Å²) in [5, 5.41) is 0.906. The van der Waals surface area contributed by atoms with Gasteiger partial charge in [0.05, 0.1) is 19.2 Å². The molecule has 0 aliphatic heterocycles. The van der Waals surface area contributed by atoms with Crippen molar-refractivity contribution in [1.29, 1.82) is 0 Å². The standard InChI is InChI=1S/C20H29NO3/c1-5-6-7-8-9-10-13-24-19-18(23-4)16-12-11-15(2)14-17(16)21(3)20(19)22/h11-12,14H,5-10,13H2,1-4H3. The number of fused-ring (bicyclic) bond motifs is 1. The van der Waals surface area contributed by atoms with Crippen molar-refractivity contribution in [1.82, 2.24) is 4.57 Å². The van der Waals surface area contributed by atoms with Crippen LogP contribution in [0.2, 0.25) is 0 Å². The fourth-order valence-electron chi connectivity index (χ4n) is 2.98. The van der Waals surface area contributed by atoms with Crippen LogP contribution < -0.4 is 15.0 Å². The van der Waals surface area contributed by atoms with Gasteiger partial charge >= 0.3 is 0 Å². The monoisotopic (exact) mass is 331 g/mol. The third-order valence-electron chi connectivity index (χ3n) is 4.41. The van der Waals surface area contributed by atoms with Gasteiger partial charge in [-0.2, -0.15) is 0 Å². The molecular formula is C20H29NO3. The molecule has 4 nitrogen and oxygen atoms in total. The van der Waals surface area contributed by atoms with E-state index in [-0.39, 0.29) is 5.56 Å². The van der Waals surface area contributed by atoms with E-state index in [1.165, 1.54) is 25.7 Å². The number of benzene rings is 1. The molecule has 0 atom stereocenters. The number of hydrogen-bond donors (Lipinski definition) is 0. The Balaban J connectivity index is 2.16. The van der Waals surface area contributed by atoms with Gasteiger partial charge in [0.15, 0.2) is 5.75 Å². The molecule has 0 amide bonds. The lowest BCUT2D eigenvalue weighted by Crippen LogP contribution is -2.21. The Kier molecular flexibility index (Phi) is 6.71. The average Bonchev–Trinajstić information content (AvgIpc) is 2.58. The van der Waals surface area contributed by atoms with Crippen molar-refractivity contribution < 1.29 is 9.47 Å². The highest BCUT2D eigenvalue weighted by Crippen LogP contribution is 2.32. The molecule has 24 heavy (non-hydrogen) atoms. The number of ether oxygens (including phenoxy) is 2. The van der Waals surface area contributed by atoms with Gasteiger partial charge in [-0.05, 0) is 31.0 Å². The quantitative estimate of drug-likeness (QED) is 0.631. The van der Waals surface area contributed by atoms with Crippen LogP contribution in [0.25, 0.3) is 10.9 Å². The van der Waals surface area contributed by atoms with Gasteiger partial charge in [0.1, 0.15) is 0 Å². The van der Waals surface area contributed by atoms with Gasteiger partial charge in [0.25, 0.3) is 5.56 Å². The molecule has 2 rings (SSSR count). The molecule has 0 radical (unpaired) electrons. The molecule has 2 aromatic rings. The first-order valence-electron chi connectivity index (χ1n) is 8.90. The maximum Gasteiger partial charge on any atom is 0.297 e. The Hall–Kier alpha value is -1.97. The second kappa shape index (κ2) is 8.76. The van der Waals surface area contributed by atoms with Crippen molar-refractivity contribution in [2.45, 2.75) is 52.4 Å². The topological polar surface area (TPSA) is 40.5 Å². The molecular weight excluding hydrogens is 302 g/mol. The number of unbranched alkanes of at least 4 members (excludes halogenated alkanes) is 5. The Bertz CT molecular complexity index is 734. The summed E-state index contributed by atoms with van der Waals surface area (Å²) in [5.74, 6) is 0.865. The molecule has 0 saturated heterocycles. The van der Waals surface area contributed by atoms with Crippen LogP contribution in [-0.4, -0.2) is 18.3 Å². The summed E-state index contributed by atoms with van der Waals surface area (Å²) in [7, 11) is 3.37. The molecule has 0 N–H and O–H groups in total. The minimum atomic E-state index is -0.143. The molecule has 1 aromatic heterocycles. The van der Waals surface area contributed by atoms with Gasteiger partial charge in [-0.3, -0.25) is 4.79 Å². The zero-order chi connectivity index (χ0) is 17.5. The molecule has 0 unspecified atom stereocenters. The SMILES string of the molecule is CCCCCCCCOc1c(OC)c2ccc(C)cc2n(C)c1=O. The van der Waals surface area contributed by atoms with Crippen LogP contribution in [0.3, 0.4) is 0 Å². The Morgan fingerprint density at radius 2 is 1.75 bits per heavy atom. The highest BCUT2D eigenvalue weighted by Gasteiger charge is 2.17. The molecule has 0 spiro atoms. The lowest BCUT2D eigenvalue weighted by Gasteiger charge is -2.15. The summed E-state index contributed by atoms with van der Waals surface area (Å²) in [5.41, 5.74) is 1.83. The molecule has 1 heterocycles. The van der Waals surface area contributed by atoms with Gasteiger partial charge in [0.2, 0.25) is 5.75 Å². The lowest BCUT2D eigenvalue weighted by molar-refractivity contribution is 0.280. The molecule has 132 valence electrons. The van der Waals surface area contributed by atoms with E-state index in [1.54, 1.807) is 18.7 Å². The number of nitrogens with zero attached hydrogens (tertiary/aromatic N) is 1. The summed E-state index contributed by atoms with van der Waals surface area (Å²) in [6, 6.07) is 6.00. The van der Waals surface area contributed by atoms with Crippen LogP contribution >= 0.6 is 0 Å². The first-order chi connectivity index (χ1) is 11.6. The average molecular weight is 331 g/mol. The minimum Gasteiger partial charge on any atom is -0.492 e. The summed E-state index contributed by atoms with van der Waals surface area (Å²) in [6.45, 7) is 4.78. The Morgan fingerprint density at radius 3 is 2.46 bits per heavy atom. The van der Waals surface area contributed by atoms with Crippen molar-refractivity contribution in [3.05, 3.63) is 34.1 Å². The van der Waals surface area contributed by atoms with Crippen molar-refractivity contribution in [2.75, 3.05) is 13.7 Å². The first kappa shape index (κ1) is 18.4. The van der Waals surface area contributed by atoms with E-state index in [2.05, 4.69) is 6.92 Å². The maximum atomic E-state index is 12.6. The molecule has 0 saturated carbocycles. The normalized spacial score (nSPS) is 11.0. The van der Waals surface area contributed by atoms with Gasteiger partial charge in [-0.25, -0.2) is 0 Å². The predicted octanol–water partition coefficient (Wildman–Crippen LogP) is 4.59.